The van der Waals surface area contributed by atoms with Gasteiger partial charge in [0.25, 0.3) is 0 Å². The lowest BCUT2D eigenvalue weighted by molar-refractivity contribution is 0.960. The third-order valence-electron chi connectivity index (χ3n) is 1.91. The molecule has 3 heteroatoms. The molecular formula is C10H17N3. The van der Waals surface area contributed by atoms with Crippen LogP contribution in [0.4, 0.5) is 5.69 Å². The Balaban J connectivity index is 2.81. The lowest BCUT2D eigenvalue weighted by Crippen LogP contribution is -2.07. The van der Waals surface area contributed by atoms with Crippen LogP contribution in [0.3, 0.4) is 0 Å². The summed E-state index contributed by atoms with van der Waals surface area (Å²) in [4.78, 5) is 4.20. The molecule has 1 heterocycles. The second kappa shape index (κ2) is 4.82. The molecule has 1 aromatic rings. The van der Waals surface area contributed by atoms with Crippen LogP contribution in [-0.2, 0) is 6.54 Å². The van der Waals surface area contributed by atoms with Crippen molar-refractivity contribution in [1.82, 2.24) is 4.98 Å². The van der Waals surface area contributed by atoms with E-state index in [0.29, 0.717) is 6.54 Å². The van der Waals surface area contributed by atoms with Gasteiger partial charge in [-0.25, -0.2) is 0 Å². The minimum atomic E-state index is 0.541. The Labute approximate surface area is 79.4 Å². The van der Waals surface area contributed by atoms with Crippen molar-refractivity contribution in [3.05, 3.63) is 23.5 Å². The van der Waals surface area contributed by atoms with E-state index < -0.39 is 0 Å². The fourth-order valence-electron chi connectivity index (χ4n) is 1.18. The average molecular weight is 179 g/mol. The van der Waals surface area contributed by atoms with Crippen molar-refractivity contribution in [2.45, 2.75) is 26.8 Å². The van der Waals surface area contributed by atoms with Crippen molar-refractivity contribution in [1.29, 1.82) is 0 Å². The van der Waals surface area contributed by atoms with Crippen LogP contribution in [0.15, 0.2) is 12.3 Å². The molecule has 3 nitrogen and oxygen atoms in total. The summed E-state index contributed by atoms with van der Waals surface area (Å²) in [5.41, 5.74) is 8.82. The van der Waals surface area contributed by atoms with E-state index in [2.05, 4.69) is 17.2 Å². The van der Waals surface area contributed by atoms with Crippen molar-refractivity contribution in [2.24, 2.45) is 5.73 Å². The minimum absolute atomic E-state index is 0.541. The molecule has 0 aliphatic carbocycles. The van der Waals surface area contributed by atoms with Crippen LogP contribution in [0.2, 0.25) is 0 Å². The monoisotopic (exact) mass is 179 g/mol. The number of aromatic nitrogens is 1. The summed E-state index contributed by atoms with van der Waals surface area (Å²) < 4.78 is 0. The average Bonchev–Trinajstić information content (AvgIpc) is 2.15. The van der Waals surface area contributed by atoms with Crippen molar-refractivity contribution < 1.29 is 0 Å². The molecule has 0 amide bonds. The smallest absolute Gasteiger partial charge is 0.0419 e. The normalized spacial score (nSPS) is 10.1. The number of rotatable bonds is 4. The van der Waals surface area contributed by atoms with Crippen LogP contribution in [-0.4, -0.2) is 11.5 Å². The van der Waals surface area contributed by atoms with Gasteiger partial charge < -0.3 is 11.1 Å². The number of nitrogens with zero attached hydrogens (tertiary/aromatic N) is 1. The van der Waals surface area contributed by atoms with E-state index in [1.54, 1.807) is 0 Å². The highest BCUT2D eigenvalue weighted by Crippen LogP contribution is 2.14. The molecular weight excluding hydrogens is 162 g/mol. The molecule has 0 atom stereocenters. The van der Waals surface area contributed by atoms with Gasteiger partial charge in [-0.3, -0.25) is 4.98 Å². The van der Waals surface area contributed by atoms with Crippen molar-refractivity contribution >= 4 is 5.69 Å². The first kappa shape index (κ1) is 9.99. The van der Waals surface area contributed by atoms with Crippen molar-refractivity contribution in [3.63, 3.8) is 0 Å². The van der Waals surface area contributed by atoms with E-state index in [9.17, 15) is 0 Å². The fraction of sp³-hybridized carbons (Fsp3) is 0.500. The predicted octanol–water partition coefficient (Wildman–Crippen LogP) is 1.67. The lowest BCUT2D eigenvalue weighted by atomic mass is 10.2. The zero-order chi connectivity index (χ0) is 9.68. The highest BCUT2D eigenvalue weighted by molar-refractivity contribution is 5.50. The number of aryl methyl sites for hydroxylation is 1. The Kier molecular flexibility index (Phi) is 3.71. The summed E-state index contributed by atoms with van der Waals surface area (Å²) in [7, 11) is 0. The second-order valence-corrected chi connectivity index (χ2v) is 3.11. The van der Waals surface area contributed by atoms with Gasteiger partial charge in [0.1, 0.15) is 0 Å². The number of hydrogen-bond acceptors (Lipinski definition) is 3. The summed E-state index contributed by atoms with van der Waals surface area (Å²) in [6.45, 7) is 5.65. The largest absolute Gasteiger partial charge is 0.385 e. The molecule has 13 heavy (non-hydrogen) atoms. The fourth-order valence-corrected chi connectivity index (χ4v) is 1.18. The maximum Gasteiger partial charge on any atom is 0.0419 e. The van der Waals surface area contributed by atoms with Crippen LogP contribution in [0, 0.1) is 6.92 Å². The maximum atomic E-state index is 5.59. The molecule has 0 aliphatic heterocycles. The second-order valence-electron chi connectivity index (χ2n) is 3.11. The number of pyridine rings is 1. The summed E-state index contributed by atoms with van der Waals surface area (Å²) in [6, 6.07) is 2.04. The first-order valence-electron chi connectivity index (χ1n) is 4.67. The molecule has 0 spiro atoms. The van der Waals surface area contributed by atoms with Crippen LogP contribution < -0.4 is 11.1 Å². The lowest BCUT2D eigenvalue weighted by Gasteiger charge is -2.09. The standard InChI is InChI=1S/C10H17N3/c1-3-4-12-10-5-8(2)13-7-9(10)6-11/h5,7H,3-4,6,11H2,1-2H3,(H,12,13). The van der Waals surface area contributed by atoms with Gasteiger partial charge in [-0.15, -0.1) is 0 Å². The molecule has 3 N–H and O–H groups in total. The Morgan fingerprint density at radius 2 is 2.31 bits per heavy atom. The minimum Gasteiger partial charge on any atom is -0.385 e. The molecule has 0 unspecified atom stereocenters. The van der Waals surface area contributed by atoms with Gasteiger partial charge >= 0.3 is 0 Å². The van der Waals surface area contributed by atoms with Gasteiger partial charge in [0, 0.05) is 36.2 Å². The number of nitrogens with one attached hydrogen (secondary N) is 1. The molecule has 1 rings (SSSR count). The summed E-state index contributed by atoms with van der Waals surface area (Å²) in [5, 5.41) is 3.33. The highest BCUT2D eigenvalue weighted by atomic mass is 14.9. The van der Waals surface area contributed by atoms with E-state index in [-0.39, 0.29) is 0 Å². The van der Waals surface area contributed by atoms with Crippen molar-refractivity contribution in [2.75, 3.05) is 11.9 Å². The van der Waals surface area contributed by atoms with Gasteiger partial charge in [0.05, 0.1) is 0 Å². The maximum absolute atomic E-state index is 5.59. The Bertz CT molecular complexity index is 271. The predicted molar refractivity (Wildman–Crippen MR) is 55.6 cm³/mol. The first-order chi connectivity index (χ1) is 6.27. The quantitative estimate of drug-likeness (QED) is 0.739. The van der Waals surface area contributed by atoms with Crippen LogP contribution in [0.25, 0.3) is 0 Å². The summed E-state index contributed by atoms with van der Waals surface area (Å²) in [5.74, 6) is 0. The Hall–Kier alpha value is -1.09. The molecule has 0 radical (unpaired) electrons. The summed E-state index contributed by atoms with van der Waals surface area (Å²) >= 11 is 0. The zero-order valence-electron chi connectivity index (χ0n) is 8.30. The molecule has 0 fully saturated rings. The van der Waals surface area contributed by atoms with Gasteiger partial charge in [-0.2, -0.15) is 0 Å². The van der Waals surface area contributed by atoms with E-state index in [1.165, 1.54) is 0 Å². The number of hydrogen-bond donors (Lipinski definition) is 2. The van der Waals surface area contributed by atoms with Crippen LogP contribution >= 0.6 is 0 Å². The van der Waals surface area contributed by atoms with E-state index in [1.807, 2.05) is 19.2 Å². The molecule has 0 aromatic carbocycles. The summed E-state index contributed by atoms with van der Waals surface area (Å²) in [6.07, 6.45) is 2.96. The van der Waals surface area contributed by atoms with Crippen molar-refractivity contribution in [3.8, 4) is 0 Å². The van der Waals surface area contributed by atoms with Crippen LogP contribution in [0.5, 0.6) is 0 Å². The molecule has 0 aliphatic rings. The Morgan fingerprint density at radius 1 is 1.54 bits per heavy atom. The van der Waals surface area contributed by atoms with Gasteiger partial charge in [-0.05, 0) is 19.4 Å². The van der Waals surface area contributed by atoms with Gasteiger partial charge in [-0.1, -0.05) is 6.92 Å². The SMILES string of the molecule is CCCNc1cc(C)ncc1CN. The molecule has 72 valence electrons. The number of anilines is 1. The van der Waals surface area contributed by atoms with Crippen LogP contribution in [0.1, 0.15) is 24.6 Å². The molecule has 0 saturated carbocycles. The molecule has 1 aromatic heterocycles. The highest BCUT2D eigenvalue weighted by Gasteiger charge is 2.00. The third-order valence-corrected chi connectivity index (χ3v) is 1.91. The topological polar surface area (TPSA) is 50.9 Å². The van der Waals surface area contributed by atoms with Gasteiger partial charge in [0.2, 0.25) is 0 Å². The Morgan fingerprint density at radius 3 is 2.92 bits per heavy atom. The van der Waals surface area contributed by atoms with E-state index in [4.69, 9.17) is 5.73 Å². The molecule has 0 bridgehead atoms. The zero-order valence-corrected chi connectivity index (χ0v) is 8.30. The first-order valence-corrected chi connectivity index (χ1v) is 4.67. The van der Waals surface area contributed by atoms with E-state index >= 15 is 0 Å². The number of nitrogens with two attached hydrogens (primary N) is 1. The van der Waals surface area contributed by atoms with Gasteiger partial charge in [0.15, 0.2) is 0 Å². The molecule has 0 saturated heterocycles. The third kappa shape index (κ3) is 2.70. The van der Waals surface area contributed by atoms with E-state index in [0.717, 1.165) is 29.9 Å².